The van der Waals surface area contributed by atoms with Crippen molar-refractivity contribution in [3.63, 3.8) is 0 Å². The first-order valence-corrected chi connectivity index (χ1v) is 10.7. The molecule has 31 heavy (non-hydrogen) atoms. The number of carbonyl (C=O) groups excluding carboxylic acids is 2. The van der Waals surface area contributed by atoms with E-state index in [1.54, 1.807) is 16.8 Å². The maximum Gasteiger partial charge on any atom is 0.254 e. The SMILES string of the molecule is O=C1CC(=Cc2cnn3c(NC4CC4)cc(NC4CCc5ccccc54)nc23)C(=O)N1. The molecule has 1 aromatic carbocycles. The number of benzene rings is 1. The molecule has 1 saturated heterocycles. The van der Waals surface area contributed by atoms with Gasteiger partial charge in [-0.2, -0.15) is 9.61 Å². The molecule has 3 heterocycles. The lowest BCUT2D eigenvalue weighted by molar-refractivity contribution is -0.124. The number of carbonyl (C=O) groups is 2. The van der Waals surface area contributed by atoms with Crippen molar-refractivity contribution in [2.24, 2.45) is 0 Å². The summed E-state index contributed by atoms with van der Waals surface area (Å²) in [6.07, 6.45) is 7.85. The predicted molar refractivity (Wildman–Crippen MR) is 117 cm³/mol. The van der Waals surface area contributed by atoms with Crippen LogP contribution in [0.2, 0.25) is 0 Å². The van der Waals surface area contributed by atoms with Crippen LogP contribution in [-0.4, -0.2) is 32.5 Å². The number of fused-ring (bicyclic) bond motifs is 2. The summed E-state index contributed by atoms with van der Waals surface area (Å²) in [5, 5.41) is 14.0. The Labute approximate surface area is 178 Å². The van der Waals surface area contributed by atoms with Gasteiger partial charge in [0.2, 0.25) is 5.91 Å². The van der Waals surface area contributed by atoms with E-state index in [2.05, 4.69) is 45.3 Å². The Hall–Kier alpha value is -3.68. The number of hydrogen-bond acceptors (Lipinski definition) is 6. The van der Waals surface area contributed by atoms with E-state index in [4.69, 9.17) is 4.98 Å². The van der Waals surface area contributed by atoms with Crippen LogP contribution in [0, 0.1) is 0 Å². The highest BCUT2D eigenvalue weighted by Gasteiger charge is 2.27. The Bertz CT molecular complexity index is 1260. The molecule has 3 N–H and O–H groups in total. The van der Waals surface area contributed by atoms with E-state index < -0.39 is 0 Å². The number of amides is 2. The van der Waals surface area contributed by atoms with Gasteiger partial charge in [-0.15, -0.1) is 0 Å². The third kappa shape index (κ3) is 3.34. The minimum Gasteiger partial charge on any atom is -0.367 e. The number of nitrogens with zero attached hydrogens (tertiary/aromatic N) is 3. The van der Waals surface area contributed by atoms with Crippen LogP contribution >= 0.6 is 0 Å². The monoisotopic (exact) mass is 414 g/mol. The van der Waals surface area contributed by atoms with Gasteiger partial charge in [-0.3, -0.25) is 14.9 Å². The Balaban J connectivity index is 1.40. The molecule has 2 amide bonds. The summed E-state index contributed by atoms with van der Waals surface area (Å²) in [5.74, 6) is 1.01. The predicted octanol–water partition coefficient (Wildman–Crippen LogP) is 2.83. The van der Waals surface area contributed by atoms with E-state index in [-0.39, 0.29) is 24.3 Å². The van der Waals surface area contributed by atoms with E-state index in [1.807, 2.05) is 6.07 Å². The van der Waals surface area contributed by atoms with E-state index in [1.165, 1.54) is 11.1 Å². The Morgan fingerprint density at radius 1 is 1.13 bits per heavy atom. The number of aromatic nitrogens is 3. The molecule has 2 aliphatic carbocycles. The molecule has 6 rings (SSSR count). The van der Waals surface area contributed by atoms with Crippen LogP contribution in [-0.2, 0) is 16.0 Å². The minimum absolute atomic E-state index is 0.0835. The summed E-state index contributed by atoms with van der Waals surface area (Å²) in [6, 6.07) is 11.2. The van der Waals surface area contributed by atoms with Crippen LogP contribution < -0.4 is 16.0 Å². The quantitative estimate of drug-likeness (QED) is 0.439. The Morgan fingerprint density at radius 3 is 2.81 bits per heavy atom. The van der Waals surface area contributed by atoms with Gasteiger partial charge in [0, 0.05) is 23.2 Å². The maximum absolute atomic E-state index is 12.0. The van der Waals surface area contributed by atoms with Crippen molar-refractivity contribution in [3.05, 3.63) is 58.8 Å². The van der Waals surface area contributed by atoms with E-state index >= 15 is 0 Å². The molecule has 1 saturated carbocycles. The van der Waals surface area contributed by atoms with Crippen LogP contribution in [0.5, 0.6) is 0 Å². The molecule has 1 aliphatic heterocycles. The second kappa shape index (κ2) is 6.94. The number of imide groups is 1. The number of nitrogens with one attached hydrogen (secondary N) is 3. The Kier molecular flexibility index (Phi) is 4.05. The first-order chi connectivity index (χ1) is 15.1. The van der Waals surface area contributed by atoms with Gasteiger partial charge < -0.3 is 10.6 Å². The summed E-state index contributed by atoms with van der Waals surface area (Å²) in [7, 11) is 0. The zero-order valence-corrected chi connectivity index (χ0v) is 16.9. The standard InChI is InChI=1S/C23H22N6O2/c30-21-10-14(23(31)28-21)9-15-12-24-29-20(25-16-6-7-16)11-19(27-22(15)29)26-18-8-5-13-3-1-2-4-17(13)18/h1-4,9,11-12,16,18,25H,5-8,10H2,(H,26,27)(H,28,30,31). The zero-order valence-electron chi connectivity index (χ0n) is 16.9. The highest BCUT2D eigenvalue weighted by atomic mass is 16.2. The van der Waals surface area contributed by atoms with Gasteiger partial charge >= 0.3 is 0 Å². The first-order valence-electron chi connectivity index (χ1n) is 10.7. The van der Waals surface area contributed by atoms with Crippen LogP contribution in [0.1, 0.15) is 48.4 Å². The molecular formula is C23H22N6O2. The van der Waals surface area contributed by atoms with Crippen LogP contribution in [0.4, 0.5) is 11.6 Å². The minimum atomic E-state index is -0.350. The summed E-state index contributed by atoms with van der Waals surface area (Å²) < 4.78 is 1.77. The molecule has 1 atom stereocenters. The highest BCUT2D eigenvalue weighted by molar-refractivity contribution is 6.15. The maximum atomic E-state index is 12.0. The van der Waals surface area contributed by atoms with Crippen LogP contribution in [0.3, 0.4) is 0 Å². The lowest BCUT2D eigenvalue weighted by Gasteiger charge is -2.17. The number of rotatable bonds is 5. The fraction of sp³-hybridized carbons (Fsp3) is 0.304. The third-order valence-electron chi connectivity index (χ3n) is 6.11. The van der Waals surface area contributed by atoms with Crippen LogP contribution in [0.15, 0.2) is 42.1 Å². The van der Waals surface area contributed by atoms with Gasteiger partial charge in [-0.25, -0.2) is 4.98 Å². The van der Waals surface area contributed by atoms with Gasteiger partial charge in [-0.1, -0.05) is 24.3 Å². The molecule has 1 unspecified atom stereocenters. The molecule has 0 bridgehead atoms. The molecule has 0 radical (unpaired) electrons. The summed E-state index contributed by atoms with van der Waals surface area (Å²) >= 11 is 0. The molecule has 156 valence electrons. The van der Waals surface area contributed by atoms with Crippen molar-refractivity contribution in [2.75, 3.05) is 10.6 Å². The second-order valence-electron chi connectivity index (χ2n) is 8.44. The van der Waals surface area contributed by atoms with Gasteiger partial charge in [0.05, 0.1) is 18.7 Å². The smallest absolute Gasteiger partial charge is 0.254 e. The topological polar surface area (TPSA) is 100 Å². The molecule has 3 aliphatic rings. The van der Waals surface area contributed by atoms with Gasteiger partial charge in [0.1, 0.15) is 11.6 Å². The molecule has 2 fully saturated rings. The first kappa shape index (κ1) is 18.1. The van der Waals surface area contributed by atoms with Crippen LogP contribution in [0.25, 0.3) is 11.7 Å². The second-order valence-corrected chi connectivity index (χ2v) is 8.44. The van der Waals surface area contributed by atoms with E-state index in [0.717, 1.165) is 37.3 Å². The van der Waals surface area contributed by atoms with Crippen molar-refractivity contribution in [2.45, 2.75) is 44.2 Å². The average Bonchev–Trinajstić information content (AvgIpc) is 3.20. The summed E-state index contributed by atoms with van der Waals surface area (Å²) in [5.41, 5.74) is 4.50. The highest BCUT2D eigenvalue weighted by Crippen LogP contribution is 2.34. The number of anilines is 2. The zero-order chi connectivity index (χ0) is 20.9. The lowest BCUT2D eigenvalue weighted by atomic mass is 10.1. The van der Waals surface area contributed by atoms with Crippen molar-refractivity contribution in [1.82, 2.24) is 19.9 Å². The average molecular weight is 414 g/mol. The molecule has 8 nitrogen and oxygen atoms in total. The van der Waals surface area contributed by atoms with E-state index in [0.29, 0.717) is 22.8 Å². The fourth-order valence-corrected chi connectivity index (χ4v) is 4.39. The fourth-order valence-electron chi connectivity index (χ4n) is 4.39. The molecule has 2 aromatic heterocycles. The van der Waals surface area contributed by atoms with Crippen molar-refractivity contribution in [3.8, 4) is 0 Å². The molecular weight excluding hydrogens is 392 g/mol. The third-order valence-corrected chi connectivity index (χ3v) is 6.11. The van der Waals surface area contributed by atoms with Gasteiger partial charge in [0.25, 0.3) is 5.91 Å². The molecule has 3 aromatic rings. The Morgan fingerprint density at radius 2 is 2.00 bits per heavy atom. The summed E-state index contributed by atoms with van der Waals surface area (Å²) in [6.45, 7) is 0. The van der Waals surface area contributed by atoms with Crippen molar-refractivity contribution < 1.29 is 9.59 Å². The lowest BCUT2D eigenvalue weighted by Crippen LogP contribution is -2.19. The van der Waals surface area contributed by atoms with E-state index in [9.17, 15) is 9.59 Å². The number of aryl methyl sites for hydroxylation is 1. The molecule has 0 spiro atoms. The van der Waals surface area contributed by atoms with Gasteiger partial charge in [0.15, 0.2) is 5.65 Å². The molecule has 8 heteroatoms. The van der Waals surface area contributed by atoms with Crippen molar-refractivity contribution >= 4 is 35.2 Å². The number of hydrogen-bond donors (Lipinski definition) is 3. The van der Waals surface area contributed by atoms with Gasteiger partial charge in [-0.05, 0) is 42.9 Å². The summed E-state index contributed by atoms with van der Waals surface area (Å²) in [4.78, 5) is 28.4. The van der Waals surface area contributed by atoms with Crippen molar-refractivity contribution in [1.29, 1.82) is 0 Å². The normalized spacial score (nSPS) is 21.5. The largest absolute Gasteiger partial charge is 0.367 e.